The van der Waals surface area contributed by atoms with Crippen molar-refractivity contribution in [3.63, 3.8) is 0 Å². The van der Waals surface area contributed by atoms with Crippen molar-refractivity contribution in [3.05, 3.63) is 41.2 Å². The van der Waals surface area contributed by atoms with Gasteiger partial charge in [0, 0.05) is 18.8 Å². The van der Waals surface area contributed by atoms with Gasteiger partial charge in [0.1, 0.15) is 5.82 Å². The number of hydrogen-bond donors (Lipinski definition) is 1. The molecule has 0 bridgehead atoms. The number of hydrogen-bond acceptors (Lipinski definition) is 2. The molecule has 0 saturated carbocycles. The molecule has 1 aromatic carbocycles. The van der Waals surface area contributed by atoms with E-state index in [2.05, 4.69) is 26.8 Å². The molecule has 2 N–H and O–H groups in total. The van der Waals surface area contributed by atoms with E-state index >= 15 is 0 Å². The summed E-state index contributed by atoms with van der Waals surface area (Å²) in [6.07, 6.45) is 2.95. The maximum absolute atomic E-state index is 13.3. The quantitative estimate of drug-likeness (QED) is 0.632. The van der Waals surface area contributed by atoms with Crippen molar-refractivity contribution in [1.29, 1.82) is 0 Å². The van der Waals surface area contributed by atoms with Crippen molar-refractivity contribution in [2.24, 2.45) is 5.41 Å². The lowest BCUT2D eigenvalue weighted by Crippen LogP contribution is -2.36. The van der Waals surface area contributed by atoms with Gasteiger partial charge in [0.05, 0.1) is 5.56 Å². The van der Waals surface area contributed by atoms with Crippen LogP contribution in [0.4, 0.5) is 10.1 Å². The van der Waals surface area contributed by atoms with Gasteiger partial charge in [-0.15, -0.1) is 0 Å². The number of nitrogens with two attached hydrogens (primary N) is 1. The lowest BCUT2D eigenvalue weighted by Gasteiger charge is -2.32. The Hall–Kier alpha value is -1.84. The largest absolute Gasteiger partial charge is 0.398 e. The fourth-order valence-corrected chi connectivity index (χ4v) is 2.42. The normalized spacial score (nSPS) is 16.0. The molecule has 1 heterocycles. The summed E-state index contributed by atoms with van der Waals surface area (Å²) in [4.78, 5) is 14.1. The van der Waals surface area contributed by atoms with Crippen LogP contribution < -0.4 is 5.73 Å². The summed E-state index contributed by atoms with van der Waals surface area (Å²) in [5, 5.41) is 0. The van der Waals surface area contributed by atoms with Gasteiger partial charge in [-0.05, 0) is 30.0 Å². The Kier molecular flexibility index (Phi) is 3.84. The van der Waals surface area contributed by atoms with E-state index in [-0.39, 0.29) is 16.9 Å². The van der Waals surface area contributed by atoms with Gasteiger partial charge in [-0.2, -0.15) is 0 Å². The summed E-state index contributed by atoms with van der Waals surface area (Å²) in [5.41, 5.74) is 7.82. The van der Waals surface area contributed by atoms with E-state index in [4.69, 9.17) is 5.73 Å². The Labute approximate surface area is 119 Å². The van der Waals surface area contributed by atoms with Crippen molar-refractivity contribution < 1.29 is 9.18 Å². The second kappa shape index (κ2) is 5.27. The molecule has 20 heavy (non-hydrogen) atoms. The number of nitrogen functional groups attached to an aromatic ring is 1. The maximum atomic E-state index is 13.3. The van der Waals surface area contributed by atoms with E-state index in [1.54, 1.807) is 4.90 Å². The van der Waals surface area contributed by atoms with E-state index in [9.17, 15) is 9.18 Å². The number of nitrogens with zero attached hydrogens (tertiary/aromatic N) is 1. The van der Waals surface area contributed by atoms with E-state index in [1.807, 2.05) is 0 Å². The third kappa shape index (κ3) is 3.00. The second-order valence-electron chi connectivity index (χ2n) is 6.21. The number of carbonyl (C=O) groups is 1. The molecule has 1 aliphatic heterocycles. The topological polar surface area (TPSA) is 46.3 Å². The third-order valence-corrected chi connectivity index (χ3v) is 3.71. The molecule has 0 aromatic heterocycles. The van der Waals surface area contributed by atoms with Crippen molar-refractivity contribution in [1.82, 2.24) is 4.90 Å². The predicted molar refractivity (Wildman–Crippen MR) is 78.9 cm³/mol. The molecule has 0 unspecified atom stereocenters. The second-order valence-corrected chi connectivity index (χ2v) is 6.21. The number of carbonyl (C=O) groups excluding carboxylic acids is 1. The minimum Gasteiger partial charge on any atom is -0.398 e. The van der Waals surface area contributed by atoms with Crippen LogP contribution in [0.5, 0.6) is 0 Å². The molecule has 0 atom stereocenters. The molecule has 108 valence electrons. The Morgan fingerprint density at radius 2 is 2.05 bits per heavy atom. The molecular formula is C16H21FN2O. The molecule has 0 saturated heterocycles. The molecule has 1 aliphatic rings. The highest BCUT2D eigenvalue weighted by molar-refractivity contribution is 5.99. The van der Waals surface area contributed by atoms with Crippen LogP contribution >= 0.6 is 0 Å². The van der Waals surface area contributed by atoms with Gasteiger partial charge in [-0.25, -0.2) is 4.39 Å². The molecule has 1 amide bonds. The van der Waals surface area contributed by atoms with Crippen LogP contribution in [0, 0.1) is 11.2 Å². The van der Waals surface area contributed by atoms with Crippen LogP contribution in [0.25, 0.3) is 0 Å². The average molecular weight is 276 g/mol. The third-order valence-electron chi connectivity index (χ3n) is 3.71. The van der Waals surface area contributed by atoms with Crippen molar-refractivity contribution >= 4 is 11.6 Å². The fourth-order valence-electron chi connectivity index (χ4n) is 2.42. The smallest absolute Gasteiger partial charge is 0.256 e. The highest BCUT2D eigenvalue weighted by Crippen LogP contribution is 2.30. The molecule has 3 nitrogen and oxygen atoms in total. The summed E-state index contributed by atoms with van der Waals surface area (Å²) in [5.74, 6) is -0.642. The summed E-state index contributed by atoms with van der Waals surface area (Å²) in [7, 11) is 0. The van der Waals surface area contributed by atoms with Gasteiger partial charge in [-0.3, -0.25) is 4.79 Å². The van der Waals surface area contributed by atoms with E-state index in [0.29, 0.717) is 18.8 Å². The molecule has 0 spiro atoms. The molecular weight excluding hydrogens is 255 g/mol. The zero-order chi connectivity index (χ0) is 14.9. The van der Waals surface area contributed by atoms with E-state index in [1.165, 1.54) is 23.8 Å². The monoisotopic (exact) mass is 276 g/mol. The first-order valence-corrected chi connectivity index (χ1v) is 6.83. The first kappa shape index (κ1) is 14.6. The zero-order valence-electron chi connectivity index (χ0n) is 12.2. The highest BCUT2D eigenvalue weighted by Gasteiger charge is 2.25. The van der Waals surface area contributed by atoms with Crippen LogP contribution in [0.2, 0.25) is 0 Å². The van der Waals surface area contributed by atoms with Crippen LogP contribution in [0.15, 0.2) is 29.8 Å². The van der Waals surface area contributed by atoms with E-state index < -0.39 is 5.82 Å². The van der Waals surface area contributed by atoms with Crippen LogP contribution in [0.3, 0.4) is 0 Å². The van der Waals surface area contributed by atoms with Gasteiger partial charge >= 0.3 is 0 Å². The summed E-state index contributed by atoms with van der Waals surface area (Å²) in [6, 6.07) is 3.91. The number of benzene rings is 1. The average Bonchev–Trinajstić information content (AvgIpc) is 2.40. The minimum absolute atomic E-state index is 0.132. The van der Waals surface area contributed by atoms with Crippen LogP contribution in [-0.4, -0.2) is 23.9 Å². The van der Waals surface area contributed by atoms with Crippen molar-refractivity contribution in [3.8, 4) is 0 Å². The van der Waals surface area contributed by atoms with Crippen LogP contribution in [-0.2, 0) is 0 Å². The maximum Gasteiger partial charge on any atom is 0.256 e. The van der Waals surface area contributed by atoms with Gasteiger partial charge in [0.25, 0.3) is 5.91 Å². The van der Waals surface area contributed by atoms with Gasteiger partial charge in [-0.1, -0.05) is 32.4 Å². The predicted octanol–water partition coefficient (Wildman–Crippen LogP) is 3.23. The summed E-state index contributed by atoms with van der Waals surface area (Å²) >= 11 is 0. The standard InChI is InChI=1S/C16H21FN2O/c1-16(2,3)11-6-8-19(9-7-11)15(20)13-10-12(17)4-5-14(13)18/h4-6,10H,7-9,18H2,1-3H3. The molecule has 2 rings (SSSR count). The number of rotatable bonds is 1. The highest BCUT2D eigenvalue weighted by atomic mass is 19.1. The fraction of sp³-hybridized carbons (Fsp3) is 0.438. The van der Waals surface area contributed by atoms with E-state index in [0.717, 1.165) is 6.42 Å². The lowest BCUT2D eigenvalue weighted by atomic mass is 9.83. The first-order valence-electron chi connectivity index (χ1n) is 6.83. The summed E-state index contributed by atoms with van der Waals surface area (Å²) < 4.78 is 13.3. The van der Waals surface area contributed by atoms with Crippen molar-refractivity contribution in [2.75, 3.05) is 18.8 Å². The van der Waals surface area contributed by atoms with Gasteiger partial charge in [0.2, 0.25) is 0 Å². The number of amides is 1. The first-order chi connectivity index (χ1) is 9.29. The Morgan fingerprint density at radius 3 is 2.60 bits per heavy atom. The lowest BCUT2D eigenvalue weighted by molar-refractivity contribution is 0.0765. The van der Waals surface area contributed by atoms with Gasteiger partial charge in [0.15, 0.2) is 0 Å². The Bertz CT molecular complexity index is 558. The Balaban J connectivity index is 2.17. The molecule has 0 fully saturated rings. The Morgan fingerprint density at radius 1 is 1.35 bits per heavy atom. The number of halogens is 1. The molecule has 4 heteroatoms. The van der Waals surface area contributed by atoms with Crippen LogP contribution in [0.1, 0.15) is 37.6 Å². The summed E-state index contributed by atoms with van der Waals surface area (Å²) in [6.45, 7) is 7.71. The minimum atomic E-state index is -0.439. The molecule has 0 aliphatic carbocycles. The van der Waals surface area contributed by atoms with Gasteiger partial charge < -0.3 is 10.6 Å². The zero-order valence-corrected chi connectivity index (χ0v) is 12.2. The van der Waals surface area contributed by atoms with Crippen molar-refractivity contribution in [2.45, 2.75) is 27.2 Å². The molecule has 1 aromatic rings. The number of anilines is 1. The SMILES string of the molecule is CC(C)(C)C1=CCN(C(=O)c2cc(F)ccc2N)CC1. The molecule has 0 radical (unpaired) electrons.